The van der Waals surface area contributed by atoms with Crippen LogP contribution in [0.1, 0.15) is 50.9 Å². The van der Waals surface area contributed by atoms with Crippen molar-refractivity contribution in [3.63, 3.8) is 0 Å². The summed E-state index contributed by atoms with van der Waals surface area (Å²) in [5.74, 6) is 2.56. The molecule has 1 fully saturated rings. The smallest absolute Gasteiger partial charge is 0.111 e. The van der Waals surface area contributed by atoms with Crippen LogP contribution in [0.3, 0.4) is 0 Å². The van der Waals surface area contributed by atoms with Crippen LogP contribution < -0.4 is 0 Å². The number of aryl methyl sites for hydroxylation is 1. The summed E-state index contributed by atoms with van der Waals surface area (Å²) in [7, 11) is 0. The Morgan fingerprint density at radius 3 is 2.95 bits per heavy atom. The van der Waals surface area contributed by atoms with E-state index in [2.05, 4.69) is 17.6 Å². The summed E-state index contributed by atoms with van der Waals surface area (Å²) in [5, 5.41) is 0.781. The number of benzene rings is 1. The zero-order valence-electron chi connectivity index (χ0n) is 12.5. The molecule has 0 N–H and O–H groups in total. The first-order chi connectivity index (χ1) is 10.2. The van der Waals surface area contributed by atoms with Crippen LogP contribution in [0.2, 0.25) is 5.02 Å². The Balaban J connectivity index is 2.05. The molecule has 4 heteroatoms. The molecule has 1 heterocycles. The fraction of sp³-hybridized carbons (Fsp3) is 0.588. The number of fused-ring (bicyclic) bond motifs is 1. The van der Waals surface area contributed by atoms with Gasteiger partial charge in [0.05, 0.1) is 11.0 Å². The minimum Gasteiger partial charge on any atom is -0.325 e. The van der Waals surface area contributed by atoms with Crippen molar-refractivity contribution in [3.8, 4) is 0 Å². The van der Waals surface area contributed by atoms with Crippen molar-refractivity contribution in [2.45, 2.75) is 51.5 Å². The van der Waals surface area contributed by atoms with Crippen molar-refractivity contribution in [1.82, 2.24) is 9.55 Å². The first-order valence-corrected chi connectivity index (χ1v) is 8.86. The van der Waals surface area contributed by atoms with Crippen LogP contribution in [0, 0.1) is 5.92 Å². The number of imidazole rings is 1. The maximum atomic E-state index is 6.20. The van der Waals surface area contributed by atoms with E-state index in [1.54, 1.807) is 0 Å². The van der Waals surface area contributed by atoms with Gasteiger partial charge in [0.15, 0.2) is 0 Å². The topological polar surface area (TPSA) is 17.8 Å². The third kappa shape index (κ3) is 3.07. The van der Waals surface area contributed by atoms with Gasteiger partial charge in [0.25, 0.3) is 0 Å². The van der Waals surface area contributed by atoms with Gasteiger partial charge in [-0.3, -0.25) is 0 Å². The van der Waals surface area contributed by atoms with E-state index in [1.807, 2.05) is 12.1 Å². The molecule has 1 saturated carbocycles. The first kappa shape index (κ1) is 15.2. The van der Waals surface area contributed by atoms with Gasteiger partial charge in [0.1, 0.15) is 5.82 Å². The van der Waals surface area contributed by atoms with Crippen LogP contribution in [-0.4, -0.2) is 15.4 Å². The fourth-order valence-corrected chi connectivity index (χ4v) is 3.99. The molecule has 0 saturated heterocycles. The maximum Gasteiger partial charge on any atom is 0.111 e. The zero-order chi connectivity index (χ0) is 14.8. The fourth-order valence-electron chi connectivity index (χ4n) is 3.65. The van der Waals surface area contributed by atoms with Gasteiger partial charge in [-0.2, -0.15) is 0 Å². The van der Waals surface area contributed by atoms with Crippen LogP contribution >= 0.6 is 23.2 Å². The Morgan fingerprint density at radius 2 is 2.19 bits per heavy atom. The average Bonchev–Trinajstić information content (AvgIpc) is 2.85. The molecule has 1 aliphatic rings. The summed E-state index contributed by atoms with van der Waals surface area (Å²) >= 11 is 12.2. The third-order valence-corrected chi connectivity index (χ3v) is 5.16. The predicted molar refractivity (Wildman–Crippen MR) is 90.5 cm³/mol. The van der Waals surface area contributed by atoms with E-state index in [1.165, 1.54) is 37.6 Å². The van der Waals surface area contributed by atoms with Crippen LogP contribution in [0.25, 0.3) is 11.0 Å². The van der Waals surface area contributed by atoms with E-state index in [-0.39, 0.29) is 0 Å². The van der Waals surface area contributed by atoms with Crippen molar-refractivity contribution in [1.29, 1.82) is 0 Å². The summed E-state index contributed by atoms with van der Waals surface area (Å²) in [4.78, 5) is 4.79. The lowest BCUT2D eigenvalue weighted by Crippen LogP contribution is -2.20. The second kappa shape index (κ2) is 6.58. The highest BCUT2D eigenvalue weighted by Crippen LogP contribution is 2.37. The zero-order valence-corrected chi connectivity index (χ0v) is 14.0. The molecule has 3 rings (SSSR count). The van der Waals surface area contributed by atoms with Gasteiger partial charge in [-0.05, 0) is 37.0 Å². The van der Waals surface area contributed by atoms with Crippen molar-refractivity contribution < 1.29 is 0 Å². The molecule has 0 amide bonds. The molecule has 1 aromatic heterocycles. The highest BCUT2D eigenvalue weighted by molar-refractivity contribution is 6.31. The van der Waals surface area contributed by atoms with Crippen molar-refractivity contribution in [2.75, 3.05) is 5.88 Å². The molecule has 2 unspecified atom stereocenters. The molecule has 2 aromatic rings. The molecule has 2 nitrogen and oxygen atoms in total. The van der Waals surface area contributed by atoms with E-state index in [0.717, 1.165) is 28.7 Å². The summed E-state index contributed by atoms with van der Waals surface area (Å²) in [6.45, 7) is 2.30. The summed E-state index contributed by atoms with van der Waals surface area (Å²) in [5.41, 5.74) is 2.21. The molecule has 1 aromatic carbocycles. The van der Waals surface area contributed by atoms with E-state index in [4.69, 9.17) is 28.2 Å². The van der Waals surface area contributed by atoms with Crippen molar-refractivity contribution in [2.24, 2.45) is 5.92 Å². The van der Waals surface area contributed by atoms with Gasteiger partial charge in [-0.25, -0.2) is 4.98 Å². The molecule has 0 aliphatic heterocycles. The Labute approximate surface area is 136 Å². The second-order valence-electron chi connectivity index (χ2n) is 6.06. The normalized spacial score (nSPS) is 22.8. The monoisotopic (exact) mass is 324 g/mol. The molecular formula is C17H22Cl2N2. The minimum absolute atomic E-state index is 0.547. The number of alkyl halides is 1. The largest absolute Gasteiger partial charge is 0.325 e. The number of nitrogens with zero attached hydrogens (tertiary/aromatic N) is 2. The standard InChI is InChI=1S/C17H22Cl2N2/c1-2-12-4-3-5-14(10-12)21-16-11-13(19)6-7-15(16)20-17(21)8-9-18/h6-7,11-12,14H,2-5,8-10H2,1H3. The van der Waals surface area contributed by atoms with Gasteiger partial charge >= 0.3 is 0 Å². The lowest BCUT2D eigenvalue weighted by Gasteiger charge is -2.31. The Hall–Kier alpha value is -0.730. The predicted octanol–water partition coefficient (Wildman–Crippen LogP) is 5.61. The maximum absolute atomic E-state index is 6.20. The summed E-state index contributed by atoms with van der Waals surface area (Å²) in [6, 6.07) is 6.54. The quantitative estimate of drug-likeness (QED) is 0.668. The molecule has 2 atom stereocenters. The van der Waals surface area contributed by atoms with Gasteiger partial charge in [0.2, 0.25) is 0 Å². The number of halogens is 2. The van der Waals surface area contributed by atoms with Crippen LogP contribution in [0.5, 0.6) is 0 Å². The SMILES string of the molecule is CCC1CCCC(n2c(CCCl)nc3ccc(Cl)cc32)C1. The van der Waals surface area contributed by atoms with Crippen molar-refractivity contribution >= 4 is 34.2 Å². The molecule has 0 spiro atoms. The van der Waals surface area contributed by atoms with E-state index < -0.39 is 0 Å². The van der Waals surface area contributed by atoms with Crippen LogP contribution in [0.4, 0.5) is 0 Å². The average molecular weight is 325 g/mol. The van der Waals surface area contributed by atoms with Gasteiger partial charge in [0, 0.05) is 23.4 Å². The molecule has 1 aliphatic carbocycles. The van der Waals surface area contributed by atoms with Gasteiger partial charge in [-0.15, -0.1) is 11.6 Å². The minimum atomic E-state index is 0.547. The first-order valence-electron chi connectivity index (χ1n) is 7.95. The number of aromatic nitrogens is 2. The third-order valence-electron chi connectivity index (χ3n) is 4.74. The molecule has 21 heavy (non-hydrogen) atoms. The molecular weight excluding hydrogens is 303 g/mol. The van der Waals surface area contributed by atoms with E-state index in [9.17, 15) is 0 Å². The molecule has 114 valence electrons. The van der Waals surface area contributed by atoms with Crippen LogP contribution in [-0.2, 0) is 6.42 Å². The van der Waals surface area contributed by atoms with E-state index in [0.29, 0.717) is 11.9 Å². The number of hydrogen-bond donors (Lipinski definition) is 0. The summed E-state index contributed by atoms with van der Waals surface area (Å²) < 4.78 is 2.42. The molecule has 0 radical (unpaired) electrons. The summed E-state index contributed by atoms with van der Waals surface area (Å²) in [6.07, 6.45) is 7.26. The Kier molecular flexibility index (Phi) is 4.75. The van der Waals surface area contributed by atoms with Gasteiger partial charge in [-0.1, -0.05) is 37.8 Å². The highest BCUT2D eigenvalue weighted by Gasteiger charge is 2.25. The molecule has 0 bridgehead atoms. The lowest BCUT2D eigenvalue weighted by molar-refractivity contribution is 0.262. The van der Waals surface area contributed by atoms with Crippen LogP contribution in [0.15, 0.2) is 18.2 Å². The lowest BCUT2D eigenvalue weighted by atomic mass is 9.84. The van der Waals surface area contributed by atoms with Gasteiger partial charge < -0.3 is 4.57 Å². The Bertz CT molecular complexity index is 621. The second-order valence-corrected chi connectivity index (χ2v) is 6.88. The highest BCUT2D eigenvalue weighted by atomic mass is 35.5. The number of hydrogen-bond acceptors (Lipinski definition) is 1. The van der Waals surface area contributed by atoms with E-state index >= 15 is 0 Å². The Morgan fingerprint density at radius 1 is 1.33 bits per heavy atom. The number of rotatable bonds is 4. The van der Waals surface area contributed by atoms with Crippen molar-refractivity contribution in [3.05, 3.63) is 29.0 Å².